The maximum Gasteiger partial charge on any atom is 0.234 e. The quantitative estimate of drug-likeness (QED) is 0.830. The van der Waals surface area contributed by atoms with Gasteiger partial charge in [0, 0.05) is 19.6 Å². The summed E-state index contributed by atoms with van der Waals surface area (Å²) in [6.07, 6.45) is 1.76. The third-order valence-electron chi connectivity index (χ3n) is 4.74. The fraction of sp³-hybridized carbons (Fsp3) is 0.381. The van der Waals surface area contributed by atoms with Crippen LogP contribution in [0.5, 0.6) is 11.5 Å². The van der Waals surface area contributed by atoms with Crippen LogP contribution in [0.15, 0.2) is 42.5 Å². The fourth-order valence-corrected chi connectivity index (χ4v) is 3.33. The van der Waals surface area contributed by atoms with E-state index >= 15 is 0 Å². The highest BCUT2D eigenvalue weighted by Crippen LogP contribution is 2.33. The zero-order valence-corrected chi connectivity index (χ0v) is 15.5. The van der Waals surface area contributed by atoms with Crippen molar-refractivity contribution in [2.24, 2.45) is 0 Å². The Morgan fingerprint density at radius 2 is 1.77 bits per heavy atom. The second-order valence-electron chi connectivity index (χ2n) is 6.52. The van der Waals surface area contributed by atoms with Gasteiger partial charge in [-0.25, -0.2) is 0 Å². The molecule has 0 unspecified atom stereocenters. The van der Waals surface area contributed by atoms with Crippen LogP contribution < -0.4 is 14.8 Å². The molecule has 5 heteroatoms. The van der Waals surface area contributed by atoms with Crippen LogP contribution in [0.4, 0.5) is 0 Å². The number of nitrogens with one attached hydrogen (secondary N) is 1. The number of benzene rings is 2. The van der Waals surface area contributed by atoms with Crippen molar-refractivity contribution in [1.29, 1.82) is 0 Å². The van der Waals surface area contributed by atoms with E-state index in [0.717, 1.165) is 37.4 Å². The molecule has 138 valence electrons. The van der Waals surface area contributed by atoms with Crippen molar-refractivity contribution in [3.63, 3.8) is 0 Å². The standard InChI is InChI=1S/C21H26N2O3/c1-25-19-12-17-9-11-23(14-18(17)13-20(19)26-2)15-21(24)22-10-8-16-6-4-3-5-7-16/h3-7,12-13H,8-11,14-15H2,1-2H3,(H,22,24). The summed E-state index contributed by atoms with van der Waals surface area (Å²) in [5.41, 5.74) is 3.70. The van der Waals surface area contributed by atoms with Crippen LogP contribution in [0.3, 0.4) is 0 Å². The molecule has 0 radical (unpaired) electrons. The molecule has 1 heterocycles. The predicted molar refractivity (Wildman–Crippen MR) is 102 cm³/mol. The number of carbonyl (C=O) groups is 1. The van der Waals surface area contributed by atoms with Crippen LogP contribution in [0.2, 0.25) is 0 Å². The summed E-state index contributed by atoms with van der Waals surface area (Å²) in [7, 11) is 3.30. The Hall–Kier alpha value is -2.53. The monoisotopic (exact) mass is 354 g/mol. The Balaban J connectivity index is 1.51. The third-order valence-corrected chi connectivity index (χ3v) is 4.74. The number of amides is 1. The minimum Gasteiger partial charge on any atom is -0.493 e. The van der Waals surface area contributed by atoms with Gasteiger partial charge >= 0.3 is 0 Å². The minimum absolute atomic E-state index is 0.0739. The lowest BCUT2D eigenvalue weighted by molar-refractivity contribution is -0.122. The third kappa shape index (κ3) is 4.55. The molecule has 0 aliphatic carbocycles. The van der Waals surface area contributed by atoms with Gasteiger partial charge in [-0.2, -0.15) is 0 Å². The van der Waals surface area contributed by atoms with E-state index in [-0.39, 0.29) is 5.91 Å². The first-order valence-electron chi connectivity index (χ1n) is 8.96. The van der Waals surface area contributed by atoms with E-state index in [9.17, 15) is 4.79 Å². The van der Waals surface area contributed by atoms with Gasteiger partial charge in [0.1, 0.15) is 0 Å². The Labute approximate surface area is 154 Å². The van der Waals surface area contributed by atoms with Crippen LogP contribution in [-0.4, -0.2) is 44.7 Å². The molecule has 0 saturated heterocycles. The molecular weight excluding hydrogens is 328 g/mol. The largest absolute Gasteiger partial charge is 0.493 e. The van der Waals surface area contributed by atoms with Gasteiger partial charge in [-0.3, -0.25) is 9.69 Å². The summed E-state index contributed by atoms with van der Waals surface area (Å²) in [6, 6.07) is 14.3. The number of fused-ring (bicyclic) bond motifs is 1. The average molecular weight is 354 g/mol. The molecule has 1 aliphatic rings. The normalized spacial score (nSPS) is 13.8. The second-order valence-corrected chi connectivity index (χ2v) is 6.52. The van der Waals surface area contributed by atoms with Gasteiger partial charge in [0.2, 0.25) is 5.91 Å². The summed E-state index contributed by atoms with van der Waals surface area (Å²) in [5, 5.41) is 3.02. The molecule has 5 nitrogen and oxygen atoms in total. The number of carbonyl (C=O) groups excluding carboxylic acids is 1. The van der Waals surface area contributed by atoms with E-state index < -0.39 is 0 Å². The molecular formula is C21H26N2O3. The Kier molecular flexibility index (Phi) is 6.12. The maximum atomic E-state index is 12.2. The van der Waals surface area contributed by atoms with Gasteiger partial charge in [-0.1, -0.05) is 30.3 Å². The van der Waals surface area contributed by atoms with Crippen molar-refractivity contribution in [2.45, 2.75) is 19.4 Å². The average Bonchev–Trinajstić information content (AvgIpc) is 2.67. The fourth-order valence-electron chi connectivity index (χ4n) is 3.33. The highest BCUT2D eigenvalue weighted by atomic mass is 16.5. The first-order chi connectivity index (χ1) is 12.7. The molecule has 0 saturated carbocycles. The molecule has 1 amide bonds. The molecule has 1 aliphatic heterocycles. The van der Waals surface area contributed by atoms with Gasteiger partial charge in [0.05, 0.1) is 20.8 Å². The van der Waals surface area contributed by atoms with Crippen LogP contribution in [0, 0.1) is 0 Å². The second kappa shape index (κ2) is 8.72. The van der Waals surface area contributed by atoms with Gasteiger partial charge in [0.15, 0.2) is 11.5 Å². The van der Waals surface area contributed by atoms with E-state index in [0.29, 0.717) is 13.1 Å². The van der Waals surface area contributed by atoms with Crippen LogP contribution in [0.25, 0.3) is 0 Å². The van der Waals surface area contributed by atoms with Crippen molar-refractivity contribution in [3.8, 4) is 11.5 Å². The molecule has 0 spiro atoms. The van der Waals surface area contributed by atoms with Gasteiger partial charge in [-0.15, -0.1) is 0 Å². The van der Waals surface area contributed by atoms with E-state index in [2.05, 4.69) is 22.3 Å². The number of rotatable bonds is 7. The van der Waals surface area contributed by atoms with Crippen LogP contribution >= 0.6 is 0 Å². The zero-order valence-electron chi connectivity index (χ0n) is 15.5. The van der Waals surface area contributed by atoms with Crippen molar-refractivity contribution >= 4 is 5.91 Å². The van der Waals surface area contributed by atoms with Crippen molar-refractivity contribution in [3.05, 3.63) is 59.2 Å². The van der Waals surface area contributed by atoms with E-state index in [1.54, 1.807) is 14.2 Å². The van der Waals surface area contributed by atoms with E-state index in [4.69, 9.17) is 9.47 Å². The van der Waals surface area contributed by atoms with Crippen LogP contribution in [0.1, 0.15) is 16.7 Å². The summed E-state index contributed by atoms with van der Waals surface area (Å²) in [4.78, 5) is 14.4. The van der Waals surface area contributed by atoms with Gasteiger partial charge < -0.3 is 14.8 Å². The molecule has 0 bridgehead atoms. The number of nitrogens with zero attached hydrogens (tertiary/aromatic N) is 1. The molecule has 1 N–H and O–H groups in total. The topological polar surface area (TPSA) is 50.8 Å². The molecule has 0 fully saturated rings. The van der Waals surface area contributed by atoms with Crippen molar-refractivity contribution in [1.82, 2.24) is 10.2 Å². The molecule has 3 rings (SSSR count). The Morgan fingerprint density at radius 3 is 2.46 bits per heavy atom. The maximum absolute atomic E-state index is 12.2. The Morgan fingerprint density at radius 1 is 1.08 bits per heavy atom. The van der Waals surface area contributed by atoms with Crippen molar-refractivity contribution in [2.75, 3.05) is 33.9 Å². The van der Waals surface area contributed by atoms with Gasteiger partial charge in [-0.05, 0) is 41.7 Å². The molecule has 2 aromatic carbocycles. The molecule has 0 aromatic heterocycles. The van der Waals surface area contributed by atoms with E-state index in [1.165, 1.54) is 16.7 Å². The first kappa shape index (κ1) is 18.3. The minimum atomic E-state index is 0.0739. The lowest BCUT2D eigenvalue weighted by Crippen LogP contribution is -2.40. The Bertz CT molecular complexity index is 746. The zero-order chi connectivity index (χ0) is 18.4. The summed E-state index contributed by atoms with van der Waals surface area (Å²) in [6.45, 7) is 2.71. The van der Waals surface area contributed by atoms with Crippen molar-refractivity contribution < 1.29 is 14.3 Å². The van der Waals surface area contributed by atoms with Gasteiger partial charge in [0.25, 0.3) is 0 Å². The highest BCUT2D eigenvalue weighted by Gasteiger charge is 2.20. The lowest BCUT2D eigenvalue weighted by atomic mass is 9.99. The van der Waals surface area contributed by atoms with E-state index in [1.807, 2.05) is 30.3 Å². The summed E-state index contributed by atoms with van der Waals surface area (Å²) >= 11 is 0. The summed E-state index contributed by atoms with van der Waals surface area (Å²) in [5.74, 6) is 1.57. The number of methoxy groups -OCH3 is 2. The van der Waals surface area contributed by atoms with Crippen LogP contribution in [-0.2, 0) is 24.2 Å². The first-order valence-corrected chi connectivity index (χ1v) is 8.96. The molecule has 2 aromatic rings. The smallest absolute Gasteiger partial charge is 0.234 e. The summed E-state index contributed by atoms with van der Waals surface area (Å²) < 4.78 is 10.8. The molecule has 0 atom stereocenters. The lowest BCUT2D eigenvalue weighted by Gasteiger charge is -2.29. The highest BCUT2D eigenvalue weighted by molar-refractivity contribution is 5.78. The number of hydrogen-bond acceptors (Lipinski definition) is 4. The molecule has 26 heavy (non-hydrogen) atoms. The number of ether oxygens (including phenoxy) is 2. The number of hydrogen-bond donors (Lipinski definition) is 1. The predicted octanol–water partition coefficient (Wildman–Crippen LogP) is 2.42. The SMILES string of the molecule is COc1cc2c(cc1OC)CN(CC(=O)NCCc1ccccc1)CC2.